The third kappa shape index (κ3) is 6.37. The number of carbonyl (C=O) groups excluding carboxylic acids is 1. The molecular formula is C28H30F2N2O2. The molecule has 0 aliphatic carbocycles. The number of benzene rings is 3. The van der Waals surface area contributed by atoms with Gasteiger partial charge in [-0.25, -0.2) is 8.78 Å². The molecule has 0 atom stereocenters. The van der Waals surface area contributed by atoms with E-state index in [1.54, 1.807) is 36.4 Å². The van der Waals surface area contributed by atoms with E-state index in [0.29, 0.717) is 18.7 Å². The Labute approximate surface area is 200 Å². The minimum Gasteiger partial charge on any atom is -0.491 e. The van der Waals surface area contributed by atoms with Crippen LogP contribution in [0.5, 0.6) is 5.75 Å². The van der Waals surface area contributed by atoms with Crippen LogP contribution in [0.15, 0.2) is 66.7 Å². The van der Waals surface area contributed by atoms with Crippen LogP contribution in [0.3, 0.4) is 0 Å². The summed E-state index contributed by atoms with van der Waals surface area (Å²) in [4.78, 5) is 17.1. The number of rotatable bonds is 10. The Bertz CT molecular complexity index is 1160. The van der Waals surface area contributed by atoms with Crippen LogP contribution in [-0.4, -0.2) is 56.9 Å². The summed E-state index contributed by atoms with van der Waals surface area (Å²) in [5, 5.41) is 0. The molecule has 0 saturated carbocycles. The summed E-state index contributed by atoms with van der Waals surface area (Å²) in [5.74, 6) is -2.40. The maximum absolute atomic E-state index is 15.7. The van der Waals surface area contributed by atoms with E-state index < -0.39 is 17.4 Å². The van der Waals surface area contributed by atoms with E-state index in [4.69, 9.17) is 4.74 Å². The van der Waals surface area contributed by atoms with Crippen molar-refractivity contribution in [3.8, 4) is 16.9 Å². The van der Waals surface area contributed by atoms with E-state index in [0.717, 1.165) is 17.2 Å². The molecule has 0 radical (unpaired) electrons. The van der Waals surface area contributed by atoms with E-state index in [1.165, 1.54) is 6.08 Å². The summed E-state index contributed by atoms with van der Waals surface area (Å²) in [6, 6.07) is 17.1. The van der Waals surface area contributed by atoms with Crippen LogP contribution in [-0.2, 0) is 6.54 Å². The molecule has 0 spiro atoms. The smallest absolute Gasteiger partial charge is 0.192 e. The molecule has 3 rings (SSSR count). The fourth-order valence-electron chi connectivity index (χ4n) is 3.58. The Morgan fingerprint density at radius 1 is 0.941 bits per heavy atom. The number of carbonyl (C=O) groups is 1. The predicted octanol–water partition coefficient (Wildman–Crippen LogP) is 5.53. The van der Waals surface area contributed by atoms with Gasteiger partial charge in [0.05, 0.1) is 5.56 Å². The Morgan fingerprint density at radius 3 is 2.29 bits per heavy atom. The van der Waals surface area contributed by atoms with Crippen molar-refractivity contribution < 1.29 is 18.3 Å². The molecule has 0 heterocycles. The Hall–Kier alpha value is -3.35. The SMILES string of the molecule is CN(C)CCOc1cc(F)c(-c2ccccc2)c(F)c1C(=O)C=Cc1ccccc1CN(C)C. The molecule has 0 bridgehead atoms. The third-order valence-corrected chi connectivity index (χ3v) is 5.24. The quantitative estimate of drug-likeness (QED) is 0.292. The van der Waals surface area contributed by atoms with Gasteiger partial charge in [-0.3, -0.25) is 4.79 Å². The molecule has 0 fully saturated rings. The lowest BCUT2D eigenvalue weighted by Gasteiger charge is -2.16. The van der Waals surface area contributed by atoms with Crippen LogP contribution < -0.4 is 4.74 Å². The fourth-order valence-corrected chi connectivity index (χ4v) is 3.58. The van der Waals surface area contributed by atoms with Gasteiger partial charge in [0.2, 0.25) is 0 Å². The zero-order chi connectivity index (χ0) is 24.7. The first-order valence-electron chi connectivity index (χ1n) is 11.1. The van der Waals surface area contributed by atoms with E-state index >= 15 is 4.39 Å². The molecule has 0 amide bonds. The van der Waals surface area contributed by atoms with Gasteiger partial charge in [-0.2, -0.15) is 0 Å². The Balaban J connectivity index is 2.03. The molecule has 0 unspecified atom stereocenters. The maximum Gasteiger partial charge on any atom is 0.192 e. The lowest BCUT2D eigenvalue weighted by molar-refractivity contribution is 0.103. The zero-order valence-corrected chi connectivity index (χ0v) is 20.0. The summed E-state index contributed by atoms with van der Waals surface area (Å²) in [6.07, 6.45) is 2.98. The highest BCUT2D eigenvalue weighted by Gasteiger charge is 2.24. The van der Waals surface area contributed by atoms with Gasteiger partial charge in [0, 0.05) is 19.2 Å². The highest BCUT2D eigenvalue weighted by molar-refractivity contribution is 6.09. The van der Waals surface area contributed by atoms with Crippen LogP contribution in [0.25, 0.3) is 17.2 Å². The molecule has 0 aromatic heterocycles. The summed E-state index contributed by atoms with van der Waals surface area (Å²) >= 11 is 0. The number of hydrogen-bond acceptors (Lipinski definition) is 4. The number of ketones is 1. The maximum atomic E-state index is 15.7. The molecule has 3 aromatic rings. The lowest BCUT2D eigenvalue weighted by Crippen LogP contribution is -2.20. The van der Waals surface area contributed by atoms with E-state index in [9.17, 15) is 9.18 Å². The number of nitrogens with zero attached hydrogens (tertiary/aromatic N) is 2. The van der Waals surface area contributed by atoms with E-state index in [1.807, 2.05) is 62.3 Å². The average molecular weight is 465 g/mol. The van der Waals surface area contributed by atoms with Gasteiger partial charge < -0.3 is 14.5 Å². The Morgan fingerprint density at radius 2 is 1.62 bits per heavy atom. The zero-order valence-electron chi connectivity index (χ0n) is 20.0. The van der Waals surface area contributed by atoms with Crippen LogP contribution in [0.1, 0.15) is 21.5 Å². The predicted molar refractivity (Wildman–Crippen MR) is 133 cm³/mol. The van der Waals surface area contributed by atoms with Crippen molar-refractivity contribution in [2.75, 3.05) is 41.3 Å². The topological polar surface area (TPSA) is 32.8 Å². The number of allylic oxidation sites excluding steroid dienone is 1. The summed E-state index contributed by atoms with van der Waals surface area (Å²) in [7, 11) is 7.65. The Kier molecular flexibility index (Phi) is 8.68. The second kappa shape index (κ2) is 11.7. The van der Waals surface area contributed by atoms with Crippen molar-refractivity contribution >= 4 is 11.9 Å². The van der Waals surface area contributed by atoms with E-state index in [-0.39, 0.29) is 23.5 Å². The second-order valence-electron chi connectivity index (χ2n) is 8.57. The van der Waals surface area contributed by atoms with Crippen LogP contribution in [0, 0.1) is 11.6 Å². The van der Waals surface area contributed by atoms with Crippen molar-refractivity contribution in [1.82, 2.24) is 9.80 Å². The molecule has 178 valence electrons. The minimum absolute atomic E-state index is 0.104. The first-order valence-corrected chi connectivity index (χ1v) is 11.1. The standard InChI is InChI=1S/C28H30F2N2O2/c1-31(2)16-17-34-25-18-23(29)26(21-11-6-5-7-12-21)28(30)27(25)24(33)15-14-20-10-8-9-13-22(20)19-32(3)4/h5-15,18H,16-17,19H2,1-4H3. The van der Waals surface area contributed by atoms with Crippen molar-refractivity contribution in [3.63, 3.8) is 0 Å². The first-order chi connectivity index (χ1) is 16.3. The monoisotopic (exact) mass is 464 g/mol. The molecule has 34 heavy (non-hydrogen) atoms. The van der Waals surface area contributed by atoms with Crippen molar-refractivity contribution in [1.29, 1.82) is 0 Å². The van der Waals surface area contributed by atoms with Gasteiger partial charge in [-0.15, -0.1) is 0 Å². The normalized spacial score (nSPS) is 11.5. The summed E-state index contributed by atoms with van der Waals surface area (Å²) < 4.78 is 36.4. The van der Waals surface area contributed by atoms with Crippen LogP contribution >= 0.6 is 0 Å². The van der Waals surface area contributed by atoms with Crippen LogP contribution in [0.4, 0.5) is 8.78 Å². The van der Waals surface area contributed by atoms with Gasteiger partial charge in [0.15, 0.2) is 5.78 Å². The van der Waals surface area contributed by atoms with Gasteiger partial charge in [0.1, 0.15) is 29.6 Å². The van der Waals surface area contributed by atoms with Crippen molar-refractivity contribution in [2.45, 2.75) is 6.54 Å². The second-order valence-corrected chi connectivity index (χ2v) is 8.57. The fraction of sp³-hybridized carbons (Fsp3) is 0.250. The first kappa shape index (κ1) is 25.3. The van der Waals surface area contributed by atoms with Gasteiger partial charge in [-0.05, 0) is 51.0 Å². The number of halogens is 2. The highest BCUT2D eigenvalue weighted by atomic mass is 19.1. The van der Waals surface area contributed by atoms with Gasteiger partial charge >= 0.3 is 0 Å². The van der Waals surface area contributed by atoms with Crippen molar-refractivity contribution in [3.05, 3.63) is 95.1 Å². The molecule has 0 aliphatic heterocycles. The molecule has 3 aromatic carbocycles. The van der Waals surface area contributed by atoms with E-state index in [2.05, 4.69) is 0 Å². The number of hydrogen-bond donors (Lipinski definition) is 0. The average Bonchev–Trinajstić information content (AvgIpc) is 2.78. The highest BCUT2D eigenvalue weighted by Crippen LogP contribution is 2.34. The number of likely N-dealkylation sites (N-methyl/N-ethyl adjacent to an activating group) is 1. The number of ether oxygens (including phenoxy) is 1. The molecule has 0 saturated heterocycles. The van der Waals surface area contributed by atoms with Crippen molar-refractivity contribution in [2.24, 2.45) is 0 Å². The van der Waals surface area contributed by atoms with Crippen LogP contribution in [0.2, 0.25) is 0 Å². The molecule has 0 N–H and O–H groups in total. The molecular weight excluding hydrogens is 434 g/mol. The van der Waals surface area contributed by atoms with Gasteiger partial charge in [-0.1, -0.05) is 60.7 Å². The lowest BCUT2D eigenvalue weighted by atomic mass is 9.97. The molecule has 0 aliphatic rings. The largest absolute Gasteiger partial charge is 0.491 e. The van der Waals surface area contributed by atoms with Gasteiger partial charge in [0.25, 0.3) is 0 Å². The summed E-state index contributed by atoms with van der Waals surface area (Å²) in [6.45, 7) is 1.41. The minimum atomic E-state index is -0.928. The molecule has 6 heteroatoms. The summed E-state index contributed by atoms with van der Waals surface area (Å²) in [5.41, 5.74) is 1.71. The molecule has 4 nitrogen and oxygen atoms in total. The third-order valence-electron chi connectivity index (χ3n) is 5.24.